The fourth-order valence-electron chi connectivity index (χ4n) is 4.46. The number of nitrogen functional groups attached to an aromatic ring is 1. The molecule has 37 heavy (non-hydrogen) atoms. The van der Waals surface area contributed by atoms with Gasteiger partial charge < -0.3 is 15.6 Å². The smallest absolute Gasteiger partial charge is 0.263 e. The summed E-state index contributed by atoms with van der Waals surface area (Å²) >= 11 is 0. The maximum Gasteiger partial charge on any atom is 0.263 e. The van der Waals surface area contributed by atoms with E-state index in [0.29, 0.717) is 28.0 Å². The monoisotopic (exact) mass is 489 g/mol. The highest BCUT2D eigenvalue weighted by Gasteiger charge is 2.20. The van der Waals surface area contributed by atoms with Gasteiger partial charge >= 0.3 is 0 Å². The Kier molecular flexibility index (Phi) is 5.99. The maximum absolute atomic E-state index is 14.2. The van der Waals surface area contributed by atoms with Gasteiger partial charge in [-0.05, 0) is 36.6 Å². The lowest BCUT2D eigenvalue weighted by Crippen LogP contribution is -2.26. The molecule has 0 amide bonds. The van der Waals surface area contributed by atoms with Crippen LogP contribution in [0.15, 0.2) is 88.6 Å². The van der Waals surface area contributed by atoms with Crippen LogP contribution in [0.1, 0.15) is 24.2 Å². The van der Waals surface area contributed by atoms with Crippen LogP contribution >= 0.6 is 0 Å². The van der Waals surface area contributed by atoms with Crippen LogP contribution in [0, 0.1) is 11.3 Å². The van der Waals surface area contributed by atoms with E-state index in [9.17, 15) is 14.9 Å². The fourth-order valence-corrected chi connectivity index (χ4v) is 4.46. The zero-order valence-corrected chi connectivity index (χ0v) is 20.2. The van der Waals surface area contributed by atoms with E-state index in [4.69, 9.17) is 5.73 Å². The van der Waals surface area contributed by atoms with Crippen LogP contribution in [0.5, 0.6) is 0 Å². The molecule has 2 aromatic carbocycles. The summed E-state index contributed by atoms with van der Waals surface area (Å²) in [6, 6.07) is 23.4. The van der Waals surface area contributed by atoms with Gasteiger partial charge in [-0.3, -0.25) is 14.2 Å². The van der Waals surface area contributed by atoms with Crippen LogP contribution < -0.4 is 22.2 Å². The van der Waals surface area contributed by atoms with Crippen molar-refractivity contribution < 1.29 is 0 Å². The number of nitrogens with two attached hydrogens (primary N) is 1. The minimum absolute atomic E-state index is 0.0331. The maximum atomic E-state index is 14.2. The number of pyridine rings is 2. The largest absolute Gasteiger partial charge is 0.368 e. The summed E-state index contributed by atoms with van der Waals surface area (Å²) < 4.78 is 3.17. The van der Waals surface area contributed by atoms with Crippen molar-refractivity contribution in [3.63, 3.8) is 0 Å². The molecule has 182 valence electrons. The number of nitrogens with zero attached hydrogens (tertiary/aromatic N) is 5. The van der Waals surface area contributed by atoms with E-state index in [-0.39, 0.29) is 28.4 Å². The van der Waals surface area contributed by atoms with Crippen molar-refractivity contribution in [2.75, 3.05) is 11.1 Å². The summed E-state index contributed by atoms with van der Waals surface area (Å²) in [5, 5.41) is 13.9. The van der Waals surface area contributed by atoms with Crippen molar-refractivity contribution >= 4 is 22.5 Å². The van der Waals surface area contributed by atoms with Crippen molar-refractivity contribution in [2.24, 2.45) is 7.05 Å². The summed E-state index contributed by atoms with van der Waals surface area (Å²) in [7, 11) is 1.69. The molecule has 3 aromatic heterocycles. The van der Waals surface area contributed by atoms with Gasteiger partial charge in [0.2, 0.25) is 5.95 Å². The van der Waals surface area contributed by atoms with Gasteiger partial charge in [-0.2, -0.15) is 10.2 Å². The molecule has 0 spiro atoms. The number of aromatic nitrogens is 4. The summed E-state index contributed by atoms with van der Waals surface area (Å²) in [6.07, 6.45) is 1.36. The third-order valence-electron chi connectivity index (χ3n) is 6.28. The van der Waals surface area contributed by atoms with Crippen molar-refractivity contribution in [1.29, 1.82) is 5.26 Å². The van der Waals surface area contributed by atoms with Gasteiger partial charge in [0.1, 0.15) is 17.5 Å². The Morgan fingerprint density at radius 1 is 1.03 bits per heavy atom. The number of hydrogen-bond donors (Lipinski definition) is 2. The number of nitrogens with one attached hydrogen (secondary N) is 1. The third-order valence-corrected chi connectivity index (χ3v) is 6.28. The van der Waals surface area contributed by atoms with Gasteiger partial charge in [0.15, 0.2) is 0 Å². The Morgan fingerprint density at radius 2 is 1.78 bits per heavy atom. The highest BCUT2D eigenvalue weighted by atomic mass is 16.1. The van der Waals surface area contributed by atoms with E-state index < -0.39 is 6.04 Å². The number of nitriles is 1. The Hall–Kier alpha value is -5.23. The summed E-state index contributed by atoms with van der Waals surface area (Å²) in [6.45, 7) is 1.88. The minimum atomic E-state index is -0.441. The highest BCUT2D eigenvalue weighted by Crippen LogP contribution is 2.30. The van der Waals surface area contributed by atoms with E-state index >= 15 is 0 Å². The zero-order valence-electron chi connectivity index (χ0n) is 20.2. The molecule has 9 nitrogen and oxygen atoms in total. The van der Waals surface area contributed by atoms with E-state index in [0.717, 1.165) is 5.39 Å². The van der Waals surface area contributed by atoms with E-state index in [1.165, 1.54) is 16.8 Å². The number of rotatable bonds is 5. The normalized spacial score (nSPS) is 11.7. The van der Waals surface area contributed by atoms with Crippen LogP contribution in [0.3, 0.4) is 0 Å². The molecule has 0 fully saturated rings. The number of para-hydroxylation sites is 1. The molecule has 3 heterocycles. The first-order chi connectivity index (χ1) is 17.9. The molecule has 5 aromatic rings. The van der Waals surface area contributed by atoms with Gasteiger partial charge in [-0.1, -0.05) is 42.5 Å². The van der Waals surface area contributed by atoms with E-state index in [2.05, 4.69) is 21.4 Å². The van der Waals surface area contributed by atoms with Crippen LogP contribution in [0.25, 0.3) is 27.7 Å². The molecular formula is C28H23N7O2. The molecule has 9 heteroatoms. The predicted molar refractivity (Wildman–Crippen MR) is 143 cm³/mol. The summed E-state index contributed by atoms with van der Waals surface area (Å²) in [5.41, 5.74) is 8.24. The summed E-state index contributed by atoms with van der Waals surface area (Å²) in [4.78, 5) is 34.6. The Morgan fingerprint density at radius 3 is 2.54 bits per heavy atom. The van der Waals surface area contributed by atoms with Gasteiger partial charge in [0.25, 0.3) is 11.1 Å². The lowest BCUT2D eigenvalue weighted by atomic mass is 10.0. The first kappa shape index (κ1) is 23.5. The number of fused-ring (bicyclic) bond motifs is 1. The Balaban J connectivity index is 1.78. The van der Waals surface area contributed by atoms with Crippen LogP contribution in [0.4, 0.5) is 11.8 Å². The van der Waals surface area contributed by atoms with E-state index in [1.807, 2.05) is 67.6 Å². The first-order valence-corrected chi connectivity index (χ1v) is 11.6. The minimum Gasteiger partial charge on any atom is -0.368 e. The molecule has 5 rings (SSSR count). The average molecular weight is 490 g/mol. The topological polar surface area (TPSA) is 132 Å². The number of anilines is 2. The van der Waals surface area contributed by atoms with Crippen LogP contribution in [0.2, 0.25) is 0 Å². The van der Waals surface area contributed by atoms with Crippen LogP contribution in [-0.2, 0) is 7.05 Å². The second kappa shape index (κ2) is 9.43. The van der Waals surface area contributed by atoms with Gasteiger partial charge in [-0.15, -0.1) is 0 Å². The second-order valence-electron chi connectivity index (χ2n) is 8.59. The fraction of sp³-hybridized carbons (Fsp3) is 0.107. The molecule has 1 unspecified atom stereocenters. The van der Waals surface area contributed by atoms with Crippen molar-refractivity contribution in [3.8, 4) is 23.0 Å². The molecule has 0 saturated heterocycles. The molecule has 0 bridgehead atoms. The molecule has 1 atom stereocenters. The summed E-state index contributed by atoms with van der Waals surface area (Å²) in [5.74, 6) is 0.313. The number of hydrogen-bond acceptors (Lipinski definition) is 7. The average Bonchev–Trinajstić information content (AvgIpc) is 2.90. The van der Waals surface area contributed by atoms with Gasteiger partial charge in [-0.25, -0.2) is 4.98 Å². The molecule has 0 aliphatic heterocycles. The van der Waals surface area contributed by atoms with Crippen molar-refractivity contribution in [1.82, 2.24) is 19.1 Å². The van der Waals surface area contributed by atoms with Crippen molar-refractivity contribution in [3.05, 3.63) is 111 Å². The molecular weight excluding hydrogens is 466 g/mol. The number of benzene rings is 2. The molecule has 3 N–H and O–H groups in total. The van der Waals surface area contributed by atoms with Gasteiger partial charge in [0.05, 0.1) is 23.3 Å². The SMILES string of the molecule is CC(Nc1nc(N)ncc1C#N)c1cc2cccc(-c3cccc(=O)n3C)c2c(=O)n1-c1ccccc1. The molecule has 0 aliphatic carbocycles. The van der Waals surface area contributed by atoms with Crippen LogP contribution in [-0.4, -0.2) is 19.1 Å². The molecule has 0 radical (unpaired) electrons. The zero-order chi connectivity index (χ0) is 26.1. The third kappa shape index (κ3) is 4.21. The Bertz CT molecular complexity index is 1800. The molecule has 0 aliphatic rings. The second-order valence-corrected chi connectivity index (χ2v) is 8.59. The van der Waals surface area contributed by atoms with Gasteiger partial charge in [0, 0.05) is 30.1 Å². The van der Waals surface area contributed by atoms with E-state index in [1.54, 1.807) is 17.7 Å². The quantitative estimate of drug-likeness (QED) is 0.384. The Labute approximate surface area is 212 Å². The lowest BCUT2D eigenvalue weighted by Gasteiger charge is -2.22. The first-order valence-electron chi connectivity index (χ1n) is 11.6. The lowest BCUT2D eigenvalue weighted by molar-refractivity contribution is 0.772. The molecule has 0 saturated carbocycles. The predicted octanol–water partition coefficient (Wildman–Crippen LogP) is 3.77. The van der Waals surface area contributed by atoms with Crippen molar-refractivity contribution in [2.45, 2.75) is 13.0 Å². The standard InChI is InChI=1S/C28H23N7O2/c1-17(32-26-19(15-29)16-31-28(30)33-26)23-14-18-8-6-11-21(22-12-7-13-24(36)34(22)2)25(18)27(37)35(23)20-9-4-3-5-10-20/h3-14,16-17H,1-2H3,(H3,30,31,32,33). The highest BCUT2D eigenvalue weighted by molar-refractivity contribution is 5.95.